The highest BCUT2D eigenvalue weighted by atomic mass is 16.3. The molecule has 0 saturated carbocycles. The van der Waals surface area contributed by atoms with Crippen LogP contribution in [-0.4, -0.2) is 6.54 Å². The van der Waals surface area contributed by atoms with Crippen molar-refractivity contribution < 1.29 is 4.42 Å². The Kier molecular flexibility index (Phi) is 3.61. The van der Waals surface area contributed by atoms with Gasteiger partial charge in [0.2, 0.25) is 0 Å². The lowest BCUT2D eigenvalue weighted by Gasteiger charge is -2.08. The highest BCUT2D eigenvalue weighted by molar-refractivity contribution is 5.03. The van der Waals surface area contributed by atoms with Crippen molar-refractivity contribution >= 4 is 0 Å². The Labute approximate surface area is 73.3 Å². The second kappa shape index (κ2) is 4.78. The molecule has 0 fully saturated rings. The van der Waals surface area contributed by atoms with Crippen molar-refractivity contribution in [3.05, 3.63) is 36.3 Å². The van der Waals surface area contributed by atoms with Crippen LogP contribution in [0, 0.1) is 0 Å². The van der Waals surface area contributed by atoms with E-state index in [9.17, 15) is 0 Å². The van der Waals surface area contributed by atoms with Gasteiger partial charge in [0.15, 0.2) is 0 Å². The molecule has 0 amide bonds. The fourth-order valence-electron chi connectivity index (χ4n) is 1.00. The van der Waals surface area contributed by atoms with Gasteiger partial charge in [-0.3, -0.25) is 0 Å². The summed E-state index contributed by atoms with van der Waals surface area (Å²) in [7, 11) is 0. The van der Waals surface area contributed by atoms with E-state index in [-0.39, 0.29) is 6.04 Å². The third kappa shape index (κ3) is 2.55. The molecular weight excluding hydrogens is 150 g/mol. The van der Waals surface area contributed by atoms with E-state index in [2.05, 4.69) is 18.3 Å². The molecule has 2 heteroatoms. The third-order valence-corrected chi connectivity index (χ3v) is 1.75. The summed E-state index contributed by atoms with van der Waals surface area (Å²) in [5.41, 5.74) is 0. The Morgan fingerprint density at radius 2 is 2.50 bits per heavy atom. The minimum Gasteiger partial charge on any atom is -0.468 e. The van der Waals surface area contributed by atoms with E-state index in [0.29, 0.717) is 0 Å². The molecular formula is C10H15NO. The Hall–Kier alpha value is -1.02. The van der Waals surface area contributed by atoms with Gasteiger partial charge in [-0.1, -0.05) is 12.2 Å². The lowest BCUT2D eigenvalue weighted by Crippen LogP contribution is -2.17. The summed E-state index contributed by atoms with van der Waals surface area (Å²) in [6.07, 6.45) is 5.81. The molecule has 1 N–H and O–H groups in total. The van der Waals surface area contributed by atoms with Crippen LogP contribution in [0.3, 0.4) is 0 Å². The summed E-state index contributed by atoms with van der Waals surface area (Å²) in [5, 5.41) is 3.31. The van der Waals surface area contributed by atoms with Crippen LogP contribution >= 0.6 is 0 Å². The first-order chi connectivity index (χ1) is 5.84. The van der Waals surface area contributed by atoms with E-state index >= 15 is 0 Å². The molecule has 12 heavy (non-hydrogen) atoms. The zero-order valence-electron chi connectivity index (χ0n) is 7.58. The first-order valence-electron chi connectivity index (χ1n) is 4.22. The molecule has 1 aromatic heterocycles. The van der Waals surface area contributed by atoms with Gasteiger partial charge < -0.3 is 9.73 Å². The molecule has 0 bridgehead atoms. The van der Waals surface area contributed by atoms with Crippen molar-refractivity contribution in [3.8, 4) is 0 Å². The Morgan fingerprint density at radius 1 is 1.67 bits per heavy atom. The molecule has 1 heterocycles. The molecule has 1 aromatic rings. The maximum Gasteiger partial charge on any atom is 0.120 e. The molecule has 0 saturated heterocycles. The molecule has 2 nitrogen and oxygen atoms in total. The first kappa shape index (κ1) is 9.07. The first-order valence-corrected chi connectivity index (χ1v) is 4.22. The predicted molar refractivity (Wildman–Crippen MR) is 49.9 cm³/mol. The third-order valence-electron chi connectivity index (χ3n) is 1.75. The van der Waals surface area contributed by atoms with Crippen LogP contribution < -0.4 is 5.32 Å². The van der Waals surface area contributed by atoms with Crippen molar-refractivity contribution in [1.82, 2.24) is 5.32 Å². The molecule has 0 aliphatic rings. The molecule has 0 radical (unpaired) electrons. The van der Waals surface area contributed by atoms with E-state index in [1.165, 1.54) is 0 Å². The number of hydrogen-bond donors (Lipinski definition) is 1. The van der Waals surface area contributed by atoms with Crippen LogP contribution in [0.1, 0.15) is 25.6 Å². The van der Waals surface area contributed by atoms with Crippen molar-refractivity contribution in [3.63, 3.8) is 0 Å². The Morgan fingerprint density at radius 3 is 3.08 bits per heavy atom. The van der Waals surface area contributed by atoms with Gasteiger partial charge in [0.1, 0.15) is 5.76 Å². The van der Waals surface area contributed by atoms with E-state index in [1.807, 2.05) is 25.1 Å². The van der Waals surface area contributed by atoms with Gasteiger partial charge in [-0.15, -0.1) is 0 Å². The van der Waals surface area contributed by atoms with E-state index in [0.717, 1.165) is 12.3 Å². The van der Waals surface area contributed by atoms with Gasteiger partial charge in [-0.05, 0) is 26.0 Å². The molecule has 1 atom stereocenters. The van der Waals surface area contributed by atoms with Gasteiger partial charge in [0, 0.05) is 6.54 Å². The number of rotatable bonds is 4. The molecule has 0 aliphatic heterocycles. The van der Waals surface area contributed by atoms with Crippen molar-refractivity contribution in [2.45, 2.75) is 19.9 Å². The average molecular weight is 165 g/mol. The standard InChI is InChI=1S/C10H15NO/c1-3-4-7-11-9(2)10-6-5-8-12-10/h3-6,8-9,11H,7H2,1-2H3/b4-3+/t9-/m0/s1. The van der Waals surface area contributed by atoms with Crippen LogP contribution in [0.15, 0.2) is 35.0 Å². The molecule has 0 aromatic carbocycles. The summed E-state index contributed by atoms with van der Waals surface area (Å²) < 4.78 is 5.24. The molecule has 66 valence electrons. The maximum absolute atomic E-state index is 5.24. The van der Waals surface area contributed by atoms with Gasteiger partial charge in [-0.2, -0.15) is 0 Å². The summed E-state index contributed by atoms with van der Waals surface area (Å²) in [5.74, 6) is 0.986. The van der Waals surface area contributed by atoms with Gasteiger partial charge in [-0.25, -0.2) is 0 Å². The zero-order valence-corrected chi connectivity index (χ0v) is 7.58. The number of hydrogen-bond acceptors (Lipinski definition) is 2. The summed E-state index contributed by atoms with van der Waals surface area (Å²) in [4.78, 5) is 0. The highest BCUT2D eigenvalue weighted by Gasteiger charge is 2.04. The maximum atomic E-state index is 5.24. The van der Waals surface area contributed by atoms with E-state index in [4.69, 9.17) is 4.42 Å². The summed E-state index contributed by atoms with van der Waals surface area (Å²) >= 11 is 0. The van der Waals surface area contributed by atoms with Crippen LogP contribution in [-0.2, 0) is 0 Å². The quantitative estimate of drug-likeness (QED) is 0.693. The predicted octanol–water partition coefficient (Wildman–Crippen LogP) is 2.51. The number of nitrogens with one attached hydrogen (secondary N) is 1. The van der Waals surface area contributed by atoms with Crippen LogP contribution in [0.5, 0.6) is 0 Å². The van der Waals surface area contributed by atoms with E-state index in [1.54, 1.807) is 6.26 Å². The molecule has 1 rings (SSSR count). The largest absolute Gasteiger partial charge is 0.468 e. The van der Waals surface area contributed by atoms with Gasteiger partial charge in [0.05, 0.1) is 12.3 Å². The molecule has 0 unspecified atom stereocenters. The van der Waals surface area contributed by atoms with Gasteiger partial charge >= 0.3 is 0 Å². The van der Waals surface area contributed by atoms with Crippen molar-refractivity contribution in [2.75, 3.05) is 6.54 Å². The topological polar surface area (TPSA) is 25.2 Å². The second-order valence-corrected chi connectivity index (χ2v) is 2.71. The van der Waals surface area contributed by atoms with Crippen LogP contribution in [0.2, 0.25) is 0 Å². The van der Waals surface area contributed by atoms with Crippen molar-refractivity contribution in [1.29, 1.82) is 0 Å². The van der Waals surface area contributed by atoms with Gasteiger partial charge in [0.25, 0.3) is 0 Å². The molecule has 0 aliphatic carbocycles. The number of furan rings is 1. The lowest BCUT2D eigenvalue weighted by molar-refractivity contribution is 0.441. The highest BCUT2D eigenvalue weighted by Crippen LogP contribution is 2.11. The Balaban J connectivity index is 2.34. The smallest absolute Gasteiger partial charge is 0.120 e. The minimum absolute atomic E-state index is 0.288. The fraction of sp³-hybridized carbons (Fsp3) is 0.400. The minimum atomic E-state index is 0.288. The van der Waals surface area contributed by atoms with E-state index < -0.39 is 0 Å². The lowest BCUT2D eigenvalue weighted by atomic mass is 10.2. The monoisotopic (exact) mass is 165 g/mol. The molecule has 0 spiro atoms. The SMILES string of the molecule is C/C=C/CN[C@@H](C)c1ccco1. The van der Waals surface area contributed by atoms with Crippen LogP contribution in [0.25, 0.3) is 0 Å². The summed E-state index contributed by atoms with van der Waals surface area (Å²) in [6.45, 7) is 4.99. The number of allylic oxidation sites excluding steroid dienone is 1. The van der Waals surface area contributed by atoms with Crippen molar-refractivity contribution in [2.24, 2.45) is 0 Å². The second-order valence-electron chi connectivity index (χ2n) is 2.71. The fourth-order valence-corrected chi connectivity index (χ4v) is 1.00. The van der Waals surface area contributed by atoms with Crippen LogP contribution in [0.4, 0.5) is 0 Å². The normalized spacial score (nSPS) is 13.8. The average Bonchev–Trinajstić information content (AvgIpc) is 2.56. The summed E-state index contributed by atoms with van der Waals surface area (Å²) in [6, 6.07) is 4.17. The zero-order chi connectivity index (χ0) is 8.81. The Bertz CT molecular complexity index is 226.